The minimum absolute atomic E-state index is 0.157. The molecule has 0 radical (unpaired) electrons. The van der Waals surface area contributed by atoms with Crippen molar-refractivity contribution in [1.29, 1.82) is 0 Å². The van der Waals surface area contributed by atoms with Crippen LogP contribution >= 0.6 is 11.6 Å². The monoisotopic (exact) mass is 464 g/mol. The average molecular weight is 465 g/mol. The highest BCUT2D eigenvalue weighted by atomic mass is 35.5. The quantitative estimate of drug-likeness (QED) is 0.628. The lowest BCUT2D eigenvalue weighted by molar-refractivity contribution is -0.210. The van der Waals surface area contributed by atoms with Gasteiger partial charge in [-0.1, -0.05) is 11.6 Å². The molecule has 0 bridgehead atoms. The third kappa shape index (κ3) is 6.70. The van der Waals surface area contributed by atoms with Gasteiger partial charge < -0.3 is 19.8 Å². The number of amides is 2. The zero-order valence-electron chi connectivity index (χ0n) is 17.8. The fourth-order valence-electron chi connectivity index (χ4n) is 3.53. The van der Waals surface area contributed by atoms with E-state index in [1.807, 2.05) is 0 Å². The Labute approximate surface area is 184 Å². The van der Waals surface area contributed by atoms with Crippen molar-refractivity contribution in [3.8, 4) is 0 Å². The molecule has 0 aromatic carbocycles. The third-order valence-electron chi connectivity index (χ3n) is 5.44. The highest BCUT2D eigenvalue weighted by molar-refractivity contribution is 6.32. The van der Waals surface area contributed by atoms with Crippen LogP contribution in [0, 0.1) is 5.92 Å². The molecule has 31 heavy (non-hydrogen) atoms. The Hall–Kier alpha value is -2.07. The molecule has 1 unspecified atom stereocenters. The molecule has 7 nitrogen and oxygen atoms in total. The third-order valence-corrected chi connectivity index (χ3v) is 5.72. The Morgan fingerprint density at radius 2 is 1.87 bits per heavy atom. The summed E-state index contributed by atoms with van der Waals surface area (Å²) in [5.41, 5.74) is 0.347. The van der Waals surface area contributed by atoms with E-state index in [-0.39, 0.29) is 17.6 Å². The van der Waals surface area contributed by atoms with E-state index in [4.69, 9.17) is 16.7 Å². The molecule has 1 aliphatic heterocycles. The Kier molecular flexibility index (Phi) is 8.53. The highest BCUT2D eigenvalue weighted by Crippen LogP contribution is 2.27. The van der Waals surface area contributed by atoms with Crippen molar-refractivity contribution in [2.75, 3.05) is 45.7 Å². The number of carbonyl (C=O) groups excluding carboxylic acids is 2. The minimum atomic E-state index is -4.95. The maximum atomic E-state index is 12.4. The van der Waals surface area contributed by atoms with Crippen LogP contribution in [0.4, 0.5) is 19.0 Å². The van der Waals surface area contributed by atoms with Crippen LogP contribution in [0.5, 0.6) is 0 Å². The second-order valence-electron chi connectivity index (χ2n) is 7.98. The second-order valence-corrected chi connectivity index (χ2v) is 8.34. The molecule has 2 heterocycles. The van der Waals surface area contributed by atoms with Crippen molar-refractivity contribution in [3.05, 3.63) is 22.8 Å². The van der Waals surface area contributed by atoms with E-state index in [2.05, 4.69) is 9.88 Å². The first-order valence-electron chi connectivity index (χ1n) is 10.0. The van der Waals surface area contributed by atoms with Gasteiger partial charge in [0.1, 0.15) is 11.0 Å². The molecule has 1 N–H and O–H groups in total. The van der Waals surface area contributed by atoms with E-state index >= 15 is 0 Å². The van der Waals surface area contributed by atoms with Gasteiger partial charge in [0.2, 0.25) is 6.10 Å². The van der Waals surface area contributed by atoms with Gasteiger partial charge >= 0.3 is 6.18 Å². The van der Waals surface area contributed by atoms with Gasteiger partial charge in [0.15, 0.2) is 0 Å². The average Bonchev–Trinajstić information content (AvgIpc) is 2.71. The first-order valence-corrected chi connectivity index (χ1v) is 10.4. The molecular weight excluding hydrogens is 437 g/mol. The van der Waals surface area contributed by atoms with E-state index in [1.54, 1.807) is 26.2 Å². The molecule has 1 fully saturated rings. The van der Waals surface area contributed by atoms with Crippen LogP contribution in [0.1, 0.15) is 36.0 Å². The number of hydrogen-bond acceptors (Lipinski definition) is 5. The molecule has 11 heteroatoms. The van der Waals surface area contributed by atoms with Crippen molar-refractivity contribution < 1.29 is 27.9 Å². The van der Waals surface area contributed by atoms with Crippen molar-refractivity contribution >= 4 is 29.2 Å². The normalized spacial score (nSPS) is 16.2. The number of likely N-dealkylation sites (N-methyl/N-ethyl adjacent to an activating group) is 1. The molecule has 2 rings (SSSR count). The molecule has 0 aliphatic carbocycles. The molecule has 1 aliphatic rings. The number of rotatable bonds is 7. The van der Waals surface area contributed by atoms with Gasteiger partial charge in [-0.2, -0.15) is 13.2 Å². The first-order chi connectivity index (χ1) is 14.4. The number of hydrogen-bond donors (Lipinski definition) is 1. The number of piperidine rings is 1. The Morgan fingerprint density at radius 3 is 2.39 bits per heavy atom. The zero-order valence-corrected chi connectivity index (χ0v) is 18.6. The van der Waals surface area contributed by atoms with E-state index in [0.717, 1.165) is 37.3 Å². The topological polar surface area (TPSA) is 77.0 Å². The summed E-state index contributed by atoms with van der Waals surface area (Å²) in [7, 11) is 4.55. The Morgan fingerprint density at radius 1 is 1.26 bits per heavy atom. The van der Waals surface area contributed by atoms with Gasteiger partial charge in [-0.25, -0.2) is 4.98 Å². The summed E-state index contributed by atoms with van der Waals surface area (Å²) in [4.78, 5) is 32.5. The number of aromatic nitrogens is 1. The van der Waals surface area contributed by atoms with Crippen molar-refractivity contribution in [3.63, 3.8) is 0 Å². The summed E-state index contributed by atoms with van der Waals surface area (Å²) < 4.78 is 37.3. The van der Waals surface area contributed by atoms with Gasteiger partial charge in [-0.15, -0.1) is 0 Å². The molecule has 2 amide bonds. The standard InChI is InChI=1S/C20H28ClF3N4O3/c1-26(2)18(30)14-6-7-15(25-17(14)21)28-11-8-13(9-12-28)5-4-10-27(3)19(31)16(29)20(22,23)24/h6-7,13,16,29H,4-5,8-12H2,1-3H3. The lowest BCUT2D eigenvalue weighted by Gasteiger charge is -2.33. The SMILES string of the molecule is CN(C)C(=O)c1ccc(N2CCC(CCCN(C)C(=O)C(O)C(F)(F)F)CC2)nc1Cl. The fourth-order valence-corrected chi connectivity index (χ4v) is 3.76. The summed E-state index contributed by atoms with van der Waals surface area (Å²) >= 11 is 6.18. The summed E-state index contributed by atoms with van der Waals surface area (Å²) in [6.45, 7) is 1.65. The number of aliphatic hydroxyl groups excluding tert-OH is 1. The number of pyridine rings is 1. The molecule has 0 saturated carbocycles. The van der Waals surface area contributed by atoms with Crippen LogP contribution in [0.2, 0.25) is 5.15 Å². The van der Waals surface area contributed by atoms with Crippen molar-refractivity contribution in [2.45, 2.75) is 38.0 Å². The molecule has 174 valence electrons. The van der Waals surface area contributed by atoms with E-state index in [9.17, 15) is 22.8 Å². The number of alkyl halides is 3. The molecular formula is C20H28ClF3N4O3. The molecule has 0 spiro atoms. The molecule has 1 aromatic rings. The number of nitrogens with zero attached hydrogens (tertiary/aromatic N) is 4. The van der Waals surface area contributed by atoms with E-state index in [0.29, 0.717) is 23.7 Å². The van der Waals surface area contributed by atoms with Crippen molar-refractivity contribution in [2.24, 2.45) is 5.92 Å². The van der Waals surface area contributed by atoms with Crippen LogP contribution in [0.3, 0.4) is 0 Å². The predicted octanol–water partition coefficient (Wildman–Crippen LogP) is 2.82. The van der Waals surface area contributed by atoms with Gasteiger partial charge in [-0.05, 0) is 43.7 Å². The lowest BCUT2D eigenvalue weighted by atomic mass is 9.92. The number of anilines is 1. The van der Waals surface area contributed by atoms with Gasteiger partial charge in [0.25, 0.3) is 11.8 Å². The number of carbonyl (C=O) groups is 2. The van der Waals surface area contributed by atoms with Crippen LogP contribution in [0.25, 0.3) is 0 Å². The zero-order chi connectivity index (χ0) is 23.3. The molecule has 1 atom stereocenters. The predicted molar refractivity (Wildman–Crippen MR) is 111 cm³/mol. The van der Waals surface area contributed by atoms with Crippen molar-refractivity contribution in [1.82, 2.24) is 14.8 Å². The van der Waals surface area contributed by atoms with Gasteiger partial charge in [0, 0.05) is 40.8 Å². The molecule has 1 saturated heterocycles. The largest absolute Gasteiger partial charge is 0.423 e. The van der Waals surface area contributed by atoms with E-state index < -0.39 is 18.2 Å². The number of halogens is 4. The Balaban J connectivity index is 1.80. The molecule has 1 aromatic heterocycles. The van der Waals surface area contributed by atoms with E-state index in [1.165, 1.54) is 11.9 Å². The van der Waals surface area contributed by atoms with Gasteiger partial charge in [0.05, 0.1) is 5.56 Å². The fraction of sp³-hybridized carbons (Fsp3) is 0.650. The maximum absolute atomic E-state index is 12.4. The van der Waals surface area contributed by atoms with Gasteiger partial charge in [-0.3, -0.25) is 9.59 Å². The Bertz CT molecular complexity index is 783. The first kappa shape index (κ1) is 25.2. The summed E-state index contributed by atoms with van der Waals surface area (Å²) in [5, 5.41) is 9.21. The summed E-state index contributed by atoms with van der Waals surface area (Å²) in [6.07, 6.45) is -4.84. The maximum Gasteiger partial charge on any atom is 0.423 e. The highest BCUT2D eigenvalue weighted by Gasteiger charge is 2.44. The number of aliphatic hydroxyl groups is 1. The van der Waals surface area contributed by atoms with Crippen LogP contribution in [0.15, 0.2) is 12.1 Å². The smallest absolute Gasteiger partial charge is 0.376 e. The lowest BCUT2D eigenvalue weighted by Crippen LogP contribution is -2.45. The second kappa shape index (κ2) is 10.5. The van der Waals surface area contributed by atoms with Crippen LogP contribution in [-0.4, -0.2) is 84.8 Å². The minimum Gasteiger partial charge on any atom is -0.376 e. The summed E-state index contributed by atoms with van der Waals surface area (Å²) in [5.74, 6) is -0.460. The van der Waals surface area contributed by atoms with Crippen LogP contribution in [-0.2, 0) is 4.79 Å². The summed E-state index contributed by atoms with van der Waals surface area (Å²) in [6, 6.07) is 3.44. The van der Waals surface area contributed by atoms with Crippen LogP contribution < -0.4 is 4.90 Å².